The van der Waals surface area contributed by atoms with E-state index in [4.69, 9.17) is 15.2 Å². The Labute approximate surface area is 145 Å². The molecule has 0 spiro atoms. The van der Waals surface area contributed by atoms with E-state index in [2.05, 4.69) is 10.3 Å². The zero-order valence-corrected chi connectivity index (χ0v) is 14.6. The molecule has 3 N–H and O–H groups in total. The average Bonchev–Trinajstić information content (AvgIpc) is 3.00. The number of thiazole rings is 1. The van der Waals surface area contributed by atoms with Gasteiger partial charge in [0, 0.05) is 17.4 Å². The maximum atomic E-state index is 11.7. The molecule has 0 fully saturated rings. The molecule has 0 aliphatic heterocycles. The fraction of sp³-hybridized carbons (Fsp3) is 0.333. The predicted molar refractivity (Wildman–Crippen MR) is 94.8 cm³/mol. The third kappa shape index (κ3) is 5.09. The van der Waals surface area contributed by atoms with Gasteiger partial charge in [-0.2, -0.15) is 0 Å². The number of nitrogens with one attached hydrogen (secondary N) is 1. The predicted octanol–water partition coefficient (Wildman–Crippen LogP) is 2.93. The van der Waals surface area contributed by atoms with Gasteiger partial charge in [-0.3, -0.25) is 4.79 Å². The van der Waals surface area contributed by atoms with Crippen LogP contribution < -0.4 is 20.5 Å². The third-order valence-electron chi connectivity index (χ3n) is 3.04. The van der Waals surface area contributed by atoms with Crippen LogP contribution in [0.25, 0.3) is 11.3 Å². The second kappa shape index (κ2) is 9.34. The Morgan fingerprint density at radius 1 is 1.35 bits per heavy atom. The number of anilines is 1. The molecule has 0 unspecified atom stereocenters. The molecule has 0 aliphatic carbocycles. The Balaban J connectivity index is 0.00000264. The third-order valence-corrected chi connectivity index (χ3v) is 3.80. The zero-order chi connectivity index (χ0) is 15.9. The monoisotopic (exact) mass is 357 g/mol. The molecule has 2 aromatic rings. The first-order valence-electron chi connectivity index (χ1n) is 6.85. The lowest BCUT2D eigenvalue weighted by Gasteiger charge is -2.08. The largest absolute Gasteiger partial charge is 0.497 e. The molecule has 0 bridgehead atoms. The van der Waals surface area contributed by atoms with Crippen LogP contribution in [0.2, 0.25) is 0 Å². The summed E-state index contributed by atoms with van der Waals surface area (Å²) in [5, 5.41) is 5.20. The molecule has 0 saturated heterocycles. The van der Waals surface area contributed by atoms with Crippen LogP contribution in [0.1, 0.15) is 12.8 Å². The van der Waals surface area contributed by atoms with Gasteiger partial charge in [-0.15, -0.1) is 23.7 Å². The van der Waals surface area contributed by atoms with Gasteiger partial charge in [0.05, 0.1) is 19.9 Å². The Kier molecular flexibility index (Phi) is 7.80. The van der Waals surface area contributed by atoms with Crippen molar-refractivity contribution in [1.29, 1.82) is 0 Å². The van der Waals surface area contributed by atoms with Gasteiger partial charge in [0.25, 0.3) is 0 Å². The first-order valence-corrected chi connectivity index (χ1v) is 7.73. The second-order valence-corrected chi connectivity index (χ2v) is 5.40. The van der Waals surface area contributed by atoms with Gasteiger partial charge in [-0.1, -0.05) is 0 Å². The van der Waals surface area contributed by atoms with Crippen molar-refractivity contribution in [3.63, 3.8) is 0 Å². The van der Waals surface area contributed by atoms with Crippen LogP contribution in [-0.2, 0) is 4.79 Å². The summed E-state index contributed by atoms with van der Waals surface area (Å²) in [6.45, 7) is 0.498. The van der Waals surface area contributed by atoms with E-state index >= 15 is 0 Å². The number of rotatable bonds is 7. The minimum absolute atomic E-state index is 0. The highest BCUT2D eigenvalue weighted by atomic mass is 35.5. The normalized spacial score (nSPS) is 9.87. The molecule has 0 aliphatic rings. The molecule has 1 heterocycles. The molecule has 0 atom stereocenters. The summed E-state index contributed by atoms with van der Waals surface area (Å²) in [6.07, 6.45) is 1.06. The standard InChI is InChI=1S/C15H19N3O3S.ClH/c1-20-10-5-6-13(21-2)11(8-10)12-9-22-15(17-12)18-14(19)4-3-7-16;/h5-6,8-9H,3-4,7,16H2,1-2H3,(H,17,18,19);1H. The number of halogens is 1. The van der Waals surface area contributed by atoms with E-state index in [1.165, 1.54) is 11.3 Å². The van der Waals surface area contributed by atoms with Crippen LogP contribution in [0.3, 0.4) is 0 Å². The van der Waals surface area contributed by atoms with Crippen molar-refractivity contribution in [1.82, 2.24) is 4.98 Å². The lowest BCUT2D eigenvalue weighted by Crippen LogP contribution is -2.13. The highest BCUT2D eigenvalue weighted by Crippen LogP contribution is 2.34. The van der Waals surface area contributed by atoms with E-state index in [1.54, 1.807) is 14.2 Å². The van der Waals surface area contributed by atoms with Gasteiger partial charge in [0.2, 0.25) is 5.91 Å². The molecule has 1 aromatic heterocycles. The van der Waals surface area contributed by atoms with Crippen LogP contribution in [0.4, 0.5) is 5.13 Å². The number of nitrogens with two attached hydrogens (primary N) is 1. The molecule has 1 amide bonds. The van der Waals surface area contributed by atoms with E-state index in [9.17, 15) is 4.79 Å². The summed E-state index contributed by atoms with van der Waals surface area (Å²) in [6, 6.07) is 5.51. The number of ether oxygens (including phenoxy) is 2. The lowest BCUT2D eigenvalue weighted by atomic mass is 10.1. The maximum absolute atomic E-state index is 11.7. The number of carbonyl (C=O) groups excluding carboxylic acids is 1. The number of hydrogen-bond donors (Lipinski definition) is 2. The molecular weight excluding hydrogens is 338 g/mol. The number of aromatic nitrogens is 1. The molecule has 2 rings (SSSR count). The van der Waals surface area contributed by atoms with Gasteiger partial charge >= 0.3 is 0 Å². The Bertz CT molecular complexity index is 649. The van der Waals surface area contributed by atoms with Crippen molar-refractivity contribution < 1.29 is 14.3 Å². The lowest BCUT2D eigenvalue weighted by molar-refractivity contribution is -0.116. The number of amides is 1. The van der Waals surface area contributed by atoms with Crippen molar-refractivity contribution in [2.24, 2.45) is 5.73 Å². The summed E-state index contributed by atoms with van der Waals surface area (Å²) in [5.74, 6) is 1.34. The minimum Gasteiger partial charge on any atom is -0.497 e. The summed E-state index contributed by atoms with van der Waals surface area (Å²) >= 11 is 1.37. The fourth-order valence-corrected chi connectivity index (χ4v) is 2.64. The first kappa shape index (κ1) is 19.2. The molecule has 1 aromatic carbocycles. The molecule has 126 valence electrons. The minimum atomic E-state index is -0.0797. The molecule has 23 heavy (non-hydrogen) atoms. The van der Waals surface area contributed by atoms with Crippen LogP contribution in [0, 0.1) is 0 Å². The van der Waals surface area contributed by atoms with E-state index in [1.807, 2.05) is 23.6 Å². The van der Waals surface area contributed by atoms with Gasteiger partial charge < -0.3 is 20.5 Å². The van der Waals surface area contributed by atoms with Crippen LogP contribution in [0.5, 0.6) is 11.5 Å². The topological polar surface area (TPSA) is 86.5 Å². The number of carbonyl (C=O) groups is 1. The van der Waals surface area contributed by atoms with Crippen molar-refractivity contribution >= 4 is 34.8 Å². The first-order chi connectivity index (χ1) is 10.7. The smallest absolute Gasteiger partial charge is 0.226 e. The molecule has 8 heteroatoms. The Morgan fingerprint density at radius 3 is 2.78 bits per heavy atom. The highest BCUT2D eigenvalue weighted by molar-refractivity contribution is 7.14. The molecular formula is C15H20ClN3O3S. The van der Waals surface area contributed by atoms with Gasteiger partial charge in [-0.25, -0.2) is 4.98 Å². The Morgan fingerprint density at radius 2 is 2.13 bits per heavy atom. The second-order valence-electron chi connectivity index (χ2n) is 4.54. The summed E-state index contributed by atoms with van der Waals surface area (Å²) in [5.41, 5.74) is 6.94. The number of hydrogen-bond acceptors (Lipinski definition) is 6. The van der Waals surface area contributed by atoms with Crippen molar-refractivity contribution in [3.05, 3.63) is 23.6 Å². The van der Waals surface area contributed by atoms with E-state index in [-0.39, 0.29) is 18.3 Å². The number of nitrogens with zero attached hydrogens (tertiary/aromatic N) is 1. The van der Waals surface area contributed by atoms with Crippen LogP contribution in [-0.4, -0.2) is 31.7 Å². The van der Waals surface area contributed by atoms with E-state index in [0.717, 1.165) is 17.0 Å². The van der Waals surface area contributed by atoms with Gasteiger partial charge in [0.1, 0.15) is 11.5 Å². The number of benzene rings is 1. The van der Waals surface area contributed by atoms with E-state index in [0.29, 0.717) is 30.3 Å². The zero-order valence-electron chi connectivity index (χ0n) is 13.0. The fourth-order valence-electron chi connectivity index (χ4n) is 1.91. The van der Waals surface area contributed by atoms with Crippen molar-refractivity contribution in [2.45, 2.75) is 12.8 Å². The summed E-state index contributed by atoms with van der Waals surface area (Å²) in [7, 11) is 3.21. The van der Waals surface area contributed by atoms with Gasteiger partial charge in [-0.05, 0) is 31.2 Å². The van der Waals surface area contributed by atoms with Crippen molar-refractivity contribution in [3.8, 4) is 22.8 Å². The maximum Gasteiger partial charge on any atom is 0.226 e. The van der Waals surface area contributed by atoms with E-state index < -0.39 is 0 Å². The van der Waals surface area contributed by atoms with Gasteiger partial charge in [0.15, 0.2) is 5.13 Å². The Hall–Kier alpha value is -1.83. The summed E-state index contributed by atoms with van der Waals surface area (Å²) in [4.78, 5) is 16.1. The molecule has 0 saturated carbocycles. The quantitative estimate of drug-likeness (QED) is 0.795. The van der Waals surface area contributed by atoms with Crippen LogP contribution >= 0.6 is 23.7 Å². The SMILES string of the molecule is COc1ccc(OC)c(-c2csc(NC(=O)CCCN)n2)c1.Cl. The molecule has 0 radical (unpaired) electrons. The van der Waals surface area contributed by atoms with Crippen molar-refractivity contribution in [2.75, 3.05) is 26.1 Å². The molecule has 6 nitrogen and oxygen atoms in total. The number of methoxy groups -OCH3 is 2. The highest BCUT2D eigenvalue weighted by Gasteiger charge is 2.12. The average molecular weight is 358 g/mol. The summed E-state index contributed by atoms with van der Waals surface area (Å²) < 4.78 is 10.6. The van der Waals surface area contributed by atoms with Crippen LogP contribution in [0.15, 0.2) is 23.6 Å².